The van der Waals surface area contributed by atoms with E-state index in [9.17, 15) is 4.79 Å². The molecule has 3 unspecified atom stereocenters. The summed E-state index contributed by atoms with van der Waals surface area (Å²) in [6.07, 6.45) is 1.09. The van der Waals surface area contributed by atoms with E-state index in [1.165, 1.54) is 0 Å². The van der Waals surface area contributed by atoms with Crippen molar-refractivity contribution in [1.82, 2.24) is 4.90 Å². The average Bonchev–Trinajstić information content (AvgIpc) is 2.49. The molecule has 4 heteroatoms. The highest BCUT2D eigenvalue weighted by molar-refractivity contribution is 5.83. The van der Waals surface area contributed by atoms with E-state index in [0.29, 0.717) is 6.61 Å². The van der Waals surface area contributed by atoms with E-state index < -0.39 is 6.04 Å². The highest BCUT2D eigenvalue weighted by atomic mass is 16.5. The smallest absolute Gasteiger partial charge is 0.244 e. The van der Waals surface area contributed by atoms with Crippen LogP contribution in [-0.4, -0.2) is 36.6 Å². The van der Waals surface area contributed by atoms with Crippen molar-refractivity contribution in [3.05, 3.63) is 35.4 Å². The van der Waals surface area contributed by atoms with Crippen LogP contribution in [0.15, 0.2) is 24.3 Å². The van der Waals surface area contributed by atoms with Gasteiger partial charge in [-0.3, -0.25) is 4.79 Å². The van der Waals surface area contributed by atoms with E-state index in [1.54, 1.807) is 4.90 Å². The third kappa shape index (κ3) is 3.03. The zero-order valence-electron chi connectivity index (χ0n) is 14.3. The normalized spacial score (nSPS) is 24.5. The van der Waals surface area contributed by atoms with E-state index in [2.05, 4.69) is 13.8 Å². The first kappa shape index (κ1) is 17.0. The highest BCUT2D eigenvalue weighted by Crippen LogP contribution is 2.45. The number of nitrogens with two attached hydrogens (primary N) is 1. The number of carbonyl (C=O) groups is 1. The molecule has 4 nitrogen and oxygen atoms in total. The number of nitrogens with zero attached hydrogens (tertiary/aromatic N) is 1. The van der Waals surface area contributed by atoms with Crippen LogP contribution >= 0.6 is 0 Å². The molecule has 0 radical (unpaired) electrons. The number of aryl methyl sites for hydroxylation is 1. The van der Waals surface area contributed by atoms with Gasteiger partial charge in [0, 0.05) is 25.1 Å². The summed E-state index contributed by atoms with van der Waals surface area (Å²) in [7, 11) is 1.85. The lowest BCUT2D eigenvalue weighted by Crippen LogP contribution is -2.63. The van der Waals surface area contributed by atoms with Gasteiger partial charge in [0.05, 0.1) is 6.10 Å². The number of hydrogen-bond donors (Lipinski definition) is 1. The number of benzene rings is 1. The summed E-state index contributed by atoms with van der Waals surface area (Å²) >= 11 is 0. The Morgan fingerprint density at radius 1 is 1.41 bits per heavy atom. The van der Waals surface area contributed by atoms with Gasteiger partial charge in [-0.1, -0.05) is 43.7 Å². The van der Waals surface area contributed by atoms with E-state index in [1.807, 2.05) is 45.2 Å². The van der Waals surface area contributed by atoms with Gasteiger partial charge in [0.25, 0.3) is 0 Å². The Balaban J connectivity index is 2.05. The Hall–Kier alpha value is -1.39. The molecule has 0 heterocycles. The minimum atomic E-state index is -0.604. The van der Waals surface area contributed by atoms with Crippen molar-refractivity contribution in [2.24, 2.45) is 11.1 Å². The molecule has 1 aromatic rings. The summed E-state index contributed by atoms with van der Waals surface area (Å²) in [5, 5.41) is 0. The molecule has 2 rings (SSSR count). The number of rotatable bonds is 5. The average molecular weight is 304 g/mol. The van der Waals surface area contributed by atoms with E-state index in [0.717, 1.165) is 17.5 Å². The number of hydrogen-bond acceptors (Lipinski definition) is 3. The molecule has 1 fully saturated rings. The largest absolute Gasteiger partial charge is 0.378 e. The topological polar surface area (TPSA) is 55.6 Å². The van der Waals surface area contributed by atoms with Gasteiger partial charge in [0.2, 0.25) is 5.91 Å². The lowest BCUT2D eigenvalue weighted by molar-refractivity contribution is -0.164. The lowest BCUT2D eigenvalue weighted by Gasteiger charge is -2.55. The van der Waals surface area contributed by atoms with E-state index in [-0.39, 0.29) is 23.5 Å². The molecule has 0 bridgehead atoms. The highest BCUT2D eigenvalue weighted by Gasteiger charge is 2.52. The fraction of sp³-hybridized carbons (Fsp3) is 0.611. The second-order valence-electron chi connectivity index (χ2n) is 6.85. The van der Waals surface area contributed by atoms with Gasteiger partial charge >= 0.3 is 0 Å². The molecule has 1 amide bonds. The molecule has 1 aliphatic rings. The number of likely N-dealkylation sites (N-methyl/N-ethyl adjacent to an activating group) is 1. The third-order valence-corrected chi connectivity index (χ3v) is 5.01. The SMILES string of the molecule is CCOC1CC(N(C)C(=O)C(N)c2ccc(C)cc2)C1(C)C. The second kappa shape index (κ2) is 6.39. The molecule has 1 aromatic carbocycles. The first-order chi connectivity index (χ1) is 10.3. The summed E-state index contributed by atoms with van der Waals surface area (Å²) < 4.78 is 5.74. The fourth-order valence-electron chi connectivity index (χ4n) is 3.29. The zero-order valence-corrected chi connectivity index (χ0v) is 14.3. The summed E-state index contributed by atoms with van der Waals surface area (Å²) in [6.45, 7) is 9.05. The fourth-order valence-corrected chi connectivity index (χ4v) is 3.29. The van der Waals surface area contributed by atoms with Crippen LogP contribution < -0.4 is 5.73 Å². The maximum absolute atomic E-state index is 12.7. The predicted octanol–water partition coefficient (Wildman–Crippen LogP) is 2.66. The third-order valence-electron chi connectivity index (χ3n) is 5.01. The first-order valence-corrected chi connectivity index (χ1v) is 7.99. The Kier molecular flexibility index (Phi) is 4.93. The number of carbonyl (C=O) groups excluding carboxylic acids is 1. The molecule has 22 heavy (non-hydrogen) atoms. The van der Waals surface area contributed by atoms with Crippen LogP contribution in [-0.2, 0) is 9.53 Å². The van der Waals surface area contributed by atoms with Crippen LogP contribution in [0.25, 0.3) is 0 Å². The van der Waals surface area contributed by atoms with Crippen LogP contribution in [0, 0.1) is 12.3 Å². The van der Waals surface area contributed by atoms with Gasteiger partial charge in [-0.15, -0.1) is 0 Å². The van der Waals surface area contributed by atoms with Gasteiger partial charge in [0.1, 0.15) is 6.04 Å². The minimum Gasteiger partial charge on any atom is -0.378 e. The molecular weight excluding hydrogens is 276 g/mol. The molecule has 2 N–H and O–H groups in total. The molecular formula is C18H28N2O2. The molecule has 1 aliphatic carbocycles. The van der Waals surface area contributed by atoms with Crippen LogP contribution in [0.1, 0.15) is 44.4 Å². The second-order valence-corrected chi connectivity index (χ2v) is 6.85. The predicted molar refractivity (Wildman–Crippen MR) is 88.5 cm³/mol. The van der Waals surface area contributed by atoms with Crippen molar-refractivity contribution in [3.8, 4) is 0 Å². The van der Waals surface area contributed by atoms with Crippen LogP contribution in [0.3, 0.4) is 0 Å². The minimum absolute atomic E-state index is 0.0307. The van der Waals surface area contributed by atoms with Crippen molar-refractivity contribution in [3.63, 3.8) is 0 Å². The summed E-state index contributed by atoms with van der Waals surface area (Å²) in [4.78, 5) is 14.5. The van der Waals surface area contributed by atoms with Crippen LogP contribution in [0.4, 0.5) is 0 Å². The summed E-state index contributed by atoms with van der Waals surface area (Å²) in [5.74, 6) is -0.0307. The maximum atomic E-state index is 12.7. The quantitative estimate of drug-likeness (QED) is 0.910. The molecule has 0 saturated heterocycles. The first-order valence-electron chi connectivity index (χ1n) is 7.99. The van der Waals surface area contributed by atoms with Gasteiger partial charge in [0.15, 0.2) is 0 Å². The monoisotopic (exact) mass is 304 g/mol. The van der Waals surface area contributed by atoms with Gasteiger partial charge in [-0.2, -0.15) is 0 Å². The molecule has 3 atom stereocenters. The summed E-state index contributed by atoms with van der Waals surface area (Å²) in [5.41, 5.74) is 8.16. The Morgan fingerprint density at radius 3 is 2.50 bits per heavy atom. The molecule has 1 saturated carbocycles. The van der Waals surface area contributed by atoms with Crippen LogP contribution in [0.5, 0.6) is 0 Å². The molecule has 122 valence electrons. The summed E-state index contributed by atoms with van der Waals surface area (Å²) in [6, 6.07) is 7.41. The maximum Gasteiger partial charge on any atom is 0.244 e. The van der Waals surface area contributed by atoms with Crippen LogP contribution in [0.2, 0.25) is 0 Å². The number of ether oxygens (including phenoxy) is 1. The molecule has 0 aromatic heterocycles. The Labute approximate surface area is 133 Å². The van der Waals surface area contributed by atoms with Gasteiger partial charge < -0.3 is 15.4 Å². The molecule has 0 aliphatic heterocycles. The van der Waals surface area contributed by atoms with Gasteiger partial charge in [-0.05, 0) is 25.8 Å². The van der Waals surface area contributed by atoms with Crippen molar-refractivity contribution < 1.29 is 9.53 Å². The van der Waals surface area contributed by atoms with Crippen molar-refractivity contribution in [2.45, 2.75) is 52.3 Å². The van der Waals surface area contributed by atoms with Crippen molar-refractivity contribution in [2.75, 3.05) is 13.7 Å². The van der Waals surface area contributed by atoms with Gasteiger partial charge in [-0.25, -0.2) is 0 Å². The van der Waals surface area contributed by atoms with Crippen molar-refractivity contribution in [1.29, 1.82) is 0 Å². The zero-order chi connectivity index (χ0) is 16.5. The Bertz CT molecular complexity index is 524. The standard InChI is InChI=1S/C18H28N2O2/c1-6-22-15-11-14(18(15,3)4)20(5)17(21)16(19)13-9-7-12(2)8-10-13/h7-10,14-16H,6,11,19H2,1-5H3. The number of amides is 1. The lowest BCUT2D eigenvalue weighted by atomic mass is 9.63. The van der Waals surface area contributed by atoms with E-state index >= 15 is 0 Å². The molecule has 0 spiro atoms. The van der Waals surface area contributed by atoms with Crippen molar-refractivity contribution >= 4 is 5.91 Å². The Morgan fingerprint density at radius 2 is 2.00 bits per heavy atom. The van der Waals surface area contributed by atoms with E-state index in [4.69, 9.17) is 10.5 Å².